The fourth-order valence-corrected chi connectivity index (χ4v) is 5.36. The largest absolute Gasteiger partial charge is 0.341 e. The van der Waals surface area contributed by atoms with E-state index in [2.05, 4.69) is 14.7 Å². The molecule has 1 unspecified atom stereocenters. The average Bonchev–Trinajstić information content (AvgIpc) is 3.16. The zero-order valence-electron chi connectivity index (χ0n) is 16.2. The Hall–Kier alpha value is -1.10. The van der Waals surface area contributed by atoms with Crippen LogP contribution in [0.25, 0.3) is 0 Å². The van der Waals surface area contributed by atoms with Gasteiger partial charge in [-0.1, -0.05) is 19.3 Å². The summed E-state index contributed by atoms with van der Waals surface area (Å²) in [5, 5.41) is 0. The SMILES string of the molecule is O=C(C1CCC1)N1CCN(C(C(=O)N2CCCCC2)C2CCCC2)CC1. The van der Waals surface area contributed by atoms with Crippen molar-refractivity contribution in [3.63, 3.8) is 0 Å². The lowest BCUT2D eigenvalue weighted by molar-refractivity contribution is -0.144. The molecular weight excluding hydrogens is 326 g/mol. The van der Waals surface area contributed by atoms with E-state index in [9.17, 15) is 9.59 Å². The minimum absolute atomic E-state index is 0.0663. The van der Waals surface area contributed by atoms with Crippen LogP contribution in [0.15, 0.2) is 0 Å². The van der Waals surface area contributed by atoms with Crippen LogP contribution in [0.5, 0.6) is 0 Å². The molecule has 2 amide bonds. The van der Waals surface area contributed by atoms with Crippen LogP contribution in [0.1, 0.15) is 64.2 Å². The van der Waals surface area contributed by atoms with Crippen molar-refractivity contribution in [1.82, 2.24) is 14.7 Å². The van der Waals surface area contributed by atoms with Crippen LogP contribution in [0.2, 0.25) is 0 Å². The number of carbonyl (C=O) groups is 2. The highest BCUT2D eigenvalue weighted by Gasteiger charge is 2.40. The lowest BCUT2D eigenvalue weighted by atomic mass is 9.84. The number of piperidine rings is 1. The van der Waals surface area contributed by atoms with Crippen molar-refractivity contribution in [3.8, 4) is 0 Å². The van der Waals surface area contributed by atoms with Gasteiger partial charge in [0.1, 0.15) is 0 Å². The highest BCUT2D eigenvalue weighted by molar-refractivity contribution is 5.83. The number of nitrogens with zero attached hydrogens (tertiary/aromatic N) is 3. The molecule has 2 saturated carbocycles. The zero-order valence-corrected chi connectivity index (χ0v) is 16.2. The Kier molecular flexibility index (Phi) is 5.82. The second kappa shape index (κ2) is 8.28. The molecule has 2 aliphatic carbocycles. The predicted molar refractivity (Wildman–Crippen MR) is 102 cm³/mol. The number of amides is 2. The summed E-state index contributed by atoms with van der Waals surface area (Å²) in [6, 6.07) is 0.0663. The molecule has 5 nitrogen and oxygen atoms in total. The van der Waals surface area contributed by atoms with Gasteiger partial charge in [-0.3, -0.25) is 14.5 Å². The molecule has 4 rings (SSSR count). The van der Waals surface area contributed by atoms with E-state index in [0.29, 0.717) is 23.7 Å². The third-order valence-corrected chi connectivity index (χ3v) is 7.24. The van der Waals surface area contributed by atoms with E-state index in [-0.39, 0.29) is 6.04 Å². The summed E-state index contributed by atoms with van der Waals surface area (Å²) in [7, 11) is 0. The van der Waals surface area contributed by atoms with Crippen LogP contribution >= 0.6 is 0 Å². The summed E-state index contributed by atoms with van der Waals surface area (Å²) >= 11 is 0. The first-order chi connectivity index (χ1) is 12.7. The van der Waals surface area contributed by atoms with E-state index >= 15 is 0 Å². The first-order valence-corrected chi connectivity index (χ1v) is 11.1. The van der Waals surface area contributed by atoms with E-state index in [4.69, 9.17) is 0 Å². The van der Waals surface area contributed by atoms with E-state index < -0.39 is 0 Å². The van der Waals surface area contributed by atoms with E-state index in [1.54, 1.807) is 0 Å². The summed E-state index contributed by atoms with van der Waals surface area (Å²) in [5.41, 5.74) is 0. The molecule has 0 radical (unpaired) electrons. The van der Waals surface area contributed by atoms with Crippen LogP contribution in [0, 0.1) is 11.8 Å². The van der Waals surface area contributed by atoms with Crippen LogP contribution in [-0.4, -0.2) is 71.8 Å². The molecule has 26 heavy (non-hydrogen) atoms. The van der Waals surface area contributed by atoms with Gasteiger partial charge in [0, 0.05) is 45.2 Å². The van der Waals surface area contributed by atoms with Gasteiger partial charge < -0.3 is 9.80 Å². The zero-order chi connectivity index (χ0) is 17.9. The summed E-state index contributed by atoms with van der Waals surface area (Å²) in [6.45, 7) is 5.26. The fraction of sp³-hybridized carbons (Fsp3) is 0.905. The predicted octanol–water partition coefficient (Wildman–Crippen LogP) is 2.50. The van der Waals surface area contributed by atoms with Gasteiger partial charge in [0.25, 0.3) is 0 Å². The number of piperazine rings is 1. The fourth-order valence-electron chi connectivity index (χ4n) is 5.36. The molecule has 2 heterocycles. The number of rotatable bonds is 4. The maximum Gasteiger partial charge on any atom is 0.240 e. The van der Waals surface area contributed by atoms with Gasteiger partial charge in [0.15, 0.2) is 0 Å². The van der Waals surface area contributed by atoms with Gasteiger partial charge in [-0.15, -0.1) is 0 Å². The molecule has 0 aromatic rings. The van der Waals surface area contributed by atoms with E-state index in [1.165, 1.54) is 38.5 Å². The molecule has 0 aromatic carbocycles. The number of hydrogen-bond acceptors (Lipinski definition) is 3. The number of hydrogen-bond donors (Lipinski definition) is 0. The van der Waals surface area contributed by atoms with Crippen LogP contribution in [0.4, 0.5) is 0 Å². The van der Waals surface area contributed by atoms with Crippen molar-refractivity contribution < 1.29 is 9.59 Å². The molecule has 5 heteroatoms. The molecule has 146 valence electrons. The highest BCUT2D eigenvalue weighted by atomic mass is 16.2. The van der Waals surface area contributed by atoms with Gasteiger partial charge in [0.05, 0.1) is 6.04 Å². The van der Waals surface area contributed by atoms with Crippen molar-refractivity contribution in [2.24, 2.45) is 11.8 Å². The monoisotopic (exact) mass is 361 g/mol. The maximum atomic E-state index is 13.4. The van der Waals surface area contributed by atoms with Gasteiger partial charge in [-0.05, 0) is 50.9 Å². The summed E-state index contributed by atoms with van der Waals surface area (Å²) in [4.78, 5) is 32.5. The first kappa shape index (κ1) is 18.3. The van der Waals surface area contributed by atoms with Gasteiger partial charge in [-0.25, -0.2) is 0 Å². The summed E-state index contributed by atoms with van der Waals surface area (Å²) < 4.78 is 0. The Morgan fingerprint density at radius 3 is 1.88 bits per heavy atom. The van der Waals surface area contributed by atoms with Gasteiger partial charge >= 0.3 is 0 Å². The standard InChI is InChI=1S/C21H35N3O2/c25-20(18-9-6-10-18)24-15-13-22(14-16-24)19(17-7-2-3-8-17)21(26)23-11-4-1-5-12-23/h17-19H,1-16H2. The van der Waals surface area contributed by atoms with E-state index in [0.717, 1.165) is 65.0 Å². The third kappa shape index (κ3) is 3.78. The minimum Gasteiger partial charge on any atom is -0.341 e. The molecule has 0 aromatic heterocycles. The molecule has 4 fully saturated rings. The Morgan fingerprint density at radius 2 is 1.31 bits per heavy atom. The Morgan fingerprint density at radius 1 is 0.654 bits per heavy atom. The Bertz CT molecular complexity index is 499. The quantitative estimate of drug-likeness (QED) is 0.773. The number of carbonyl (C=O) groups excluding carboxylic acids is 2. The summed E-state index contributed by atoms with van der Waals surface area (Å²) in [5.74, 6) is 1.58. The van der Waals surface area contributed by atoms with Gasteiger partial charge in [-0.2, -0.15) is 0 Å². The molecule has 0 N–H and O–H groups in total. The van der Waals surface area contributed by atoms with Crippen LogP contribution < -0.4 is 0 Å². The average molecular weight is 362 g/mol. The lowest BCUT2D eigenvalue weighted by Gasteiger charge is -2.44. The van der Waals surface area contributed by atoms with Gasteiger partial charge in [0.2, 0.25) is 11.8 Å². The topological polar surface area (TPSA) is 43.9 Å². The Labute approximate surface area is 158 Å². The van der Waals surface area contributed by atoms with Crippen molar-refractivity contribution in [3.05, 3.63) is 0 Å². The van der Waals surface area contributed by atoms with Crippen molar-refractivity contribution in [2.45, 2.75) is 70.3 Å². The van der Waals surface area contributed by atoms with Crippen molar-refractivity contribution in [2.75, 3.05) is 39.3 Å². The molecule has 2 saturated heterocycles. The maximum absolute atomic E-state index is 13.4. The molecular formula is C21H35N3O2. The second-order valence-electron chi connectivity index (χ2n) is 8.86. The Balaban J connectivity index is 1.39. The van der Waals surface area contributed by atoms with Crippen LogP contribution in [-0.2, 0) is 9.59 Å². The number of likely N-dealkylation sites (tertiary alicyclic amines) is 1. The molecule has 1 atom stereocenters. The lowest BCUT2D eigenvalue weighted by Crippen LogP contribution is -2.59. The highest BCUT2D eigenvalue weighted by Crippen LogP contribution is 2.33. The smallest absolute Gasteiger partial charge is 0.240 e. The minimum atomic E-state index is 0.0663. The third-order valence-electron chi connectivity index (χ3n) is 7.24. The van der Waals surface area contributed by atoms with E-state index in [1.807, 2.05) is 0 Å². The second-order valence-corrected chi connectivity index (χ2v) is 8.86. The molecule has 2 aliphatic heterocycles. The molecule has 0 spiro atoms. The van der Waals surface area contributed by atoms with Crippen molar-refractivity contribution >= 4 is 11.8 Å². The summed E-state index contributed by atoms with van der Waals surface area (Å²) in [6.07, 6.45) is 11.9. The van der Waals surface area contributed by atoms with Crippen LogP contribution in [0.3, 0.4) is 0 Å². The molecule has 4 aliphatic rings. The van der Waals surface area contributed by atoms with Crippen molar-refractivity contribution in [1.29, 1.82) is 0 Å². The normalized spacial score (nSPS) is 27.4. The first-order valence-electron chi connectivity index (χ1n) is 11.1. The molecule has 0 bridgehead atoms.